The van der Waals surface area contributed by atoms with Gasteiger partial charge in [-0.25, -0.2) is 0 Å². The van der Waals surface area contributed by atoms with Gasteiger partial charge in [0.1, 0.15) is 5.75 Å². The number of benzene rings is 2. The van der Waals surface area contributed by atoms with E-state index >= 15 is 0 Å². The highest BCUT2D eigenvalue weighted by Gasteiger charge is 2.16. The van der Waals surface area contributed by atoms with E-state index in [1.807, 2.05) is 49.4 Å². The van der Waals surface area contributed by atoms with Crippen molar-refractivity contribution in [1.29, 1.82) is 0 Å². The van der Waals surface area contributed by atoms with Crippen LogP contribution in [0.1, 0.15) is 48.2 Å². The van der Waals surface area contributed by atoms with Gasteiger partial charge in [0.2, 0.25) is 0 Å². The molecule has 0 saturated heterocycles. The molecule has 0 spiro atoms. The Bertz CT molecular complexity index is 787. The van der Waals surface area contributed by atoms with E-state index in [9.17, 15) is 9.59 Å². The molecule has 0 aliphatic heterocycles. The lowest BCUT2D eigenvalue weighted by Gasteiger charge is -2.18. The minimum Gasteiger partial charge on any atom is -0.481 e. The molecule has 2 aromatic rings. The van der Waals surface area contributed by atoms with Crippen molar-refractivity contribution in [2.75, 3.05) is 13.1 Å². The second-order valence-electron chi connectivity index (χ2n) is 6.87. The highest BCUT2D eigenvalue weighted by Crippen LogP contribution is 2.26. The van der Waals surface area contributed by atoms with Crippen LogP contribution in [0.25, 0.3) is 0 Å². The molecule has 2 aromatic carbocycles. The van der Waals surface area contributed by atoms with Crippen LogP contribution in [0.5, 0.6) is 5.75 Å². The van der Waals surface area contributed by atoms with Crippen LogP contribution in [0.4, 0.5) is 0 Å². The van der Waals surface area contributed by atoms with E-state index in [2.05, 4.69) is 24.5 Å². The standard InChI is InChI=1S/C22H28N2O3/c1-15(2)19-10-5-6-11-20(19)27-17(4)21(25)23-12-13-24-22(26)18-9-7-8-16(3)14-18/h5-11,14-15,17H,12-13H2,1-4H3,(H,23,25)(H,24,26). The molecular formula is C22H28N2O3. The second-order valence-corrected chi connectivity index (χ2v) is 6.87. The Kier molecular flexibility index (Phi) is 7.41. The van der Waals surface area contributed by atoms with Crippen molar-refractivity contribution in [3.8, 4) is 5.75 Å². The molecule has 5 heteroatoms. The van der Waals surface area contributed by atoms with Gasteiger partial charge in [-0.2, -0.15) is 0 Å². The summed E-state index contributed by atoms with van der Waals surface area (Å²) in [5, 5.41) is 5.59. The fourth-order valence-electron chi connectivity index (χ4n) is 2.70. The first kappa shape index (κ1) is 20.5. The number of hydrogen-bond donors (Lipinski definition) is 2. The summed E-state index contributed by atoms with van der Waals surface area (Å²) >= 11 is 0. The zero-order chi connectivity index (χ0) is 19.8. The summed E-state index contributed by atoms with van der Waals surface area (Å²) in [6.45, 7) is 8.53. The van der Waals surface area contributed by atoms with Gasteiger partial charge in [0.05, 0.1) is 0 Å². The predicted molar refractivity (Wildman–Crippen MR) is 107 cm³/mol. The second kappa shape index (κ2) is 9.76. The van der Waals surface area contributed by atoms with Crippen molar-refractivity contribution < 1.29 is 14.3 Å². The summed E-state index contributed by atoms with van der Waals surface area (Å²) in [5.74, 6) is 0.678. The summed E-state index contributed by atoms with van der Waals surface area (Å²) in [4.78, 5) is 24.3. The molecule has 0 aliphatic carbocycles. The molecule has 1 unspecified atom stereocenters. The van der Waals surface area contributed by atoms with E-state index in [1.54, 1.807) is 13.0 Å². The van der Waals surface area contributed by atoms with E-state index < -0.39 is 6.10 Å². The molecule has 0 radical (unpaired) electrons. The average Bonchev–Trinajstić information content (AvgIpc) is 2.65. The molecule has 144 valence electrons. The molecule has 0 bridgehead atoms. The van der Waals surface area contributed by atoms with E-state index in [4.69, 9.17) is 4.74 Å². The number of rotatable bonds is 8. The van der Waals surface area contributed by atoms with Gasteiger partial charge < -0.3 is 15.4 Å². The van der Waals surface area contributed by atoms with Crippen molar-refractivity contribution >= 4 is 11.8 Å². The topological polar surface area (TPSA) is 67.4 Å². The number of nitrogens with one attached hydrogen (secondary N) is 2. The molecule has 2 N–H and O–H groups in total. The Labute approximate surface area is 161 Å². The van der Waals surface area contributed by atoms with Gasteiger partial charge in [-0.15, -0.1) is 0 Å². The Balaban J connectivity index is 1.78. The molecular weight excluding hydrogens is 340 g/mol. The van der Waals surface area contributed by atoms with Crippen molar-refractivity contribution in [1.82, 2.24) is 10.6 Å². The fourth-order valence-corrected chi connectivity index (χ4v) is 2.70. The lowest BCUT2D eigenvalue weighted by atomic mass is 10.0. The number of para-hydroxylation sites is 1. The zero-order valence-corrected chi connectivity index (χ0v) is 16.4. The van der Waals surface area contributed by atoms with Crippen LogP contribution in [0, 0.1) is 6.92 Å². The number of carbonyl (C=O) groups is 2. The van der Waals surface area contributed by atoms with E-state index in [0.717, 1.165) is 16.9 Å². The number of amides is 2. The fraction of sp³-hybridized carbons (Fsp3) is 0.364. The molecule has 2 amide bonds. The third-order valence-corrected chi connectivity index (χ3v) is 4.20. The summed E-state index contributed by atoms with van der Waals surface area (Å²) in [6, 6.07) is 15.1. The third-order valence-electron chi connectivity index (χ3n) is 4.20. The van der Waals surface area contributed by atoms with E-state index in [0.29, 0.717) is 24.6 Å². The van der Waals surface area contributed by atoms with Crippen LogP contribution in [0.15, 0.2) is 48.5 Å². The predicted octanol–water partition coefficient (Wildman–Crippen LogP) is 3.43. The summed E-state index contributed by atoms with van der Waals surface area (Å²) < 4.78 is 5.83. The molecule has 27 heavy (non-hydrogen) atoms. The van der Waals surface area contributed by atoms with Crippen LogP contribution >= 0.6 is 0 Å². The molecule has 1 atom stereocenters. The maximum atomic E-state index is 12.2. The maximum Gasteiger partial charge on any atom is 0.260 e. The highest BCUT2D eigenvalue weighted by molar-refractivity contribution is 5.94. The van der Waals surface area contributed by atoms with Gasteiger partial charge in [0, 0.05) is 18.7 Å². The molecule has 5 nitrogen and oxygen atoms in total. The molecule has 0 saturated carbocycles. The van der Waals surface area contributed by atoms with Crippen LogP contribution in [0.2, 0.25) is 0 Å². The largest absolute Gasteiger partial charge is 0.481 e. The minimum atomic E-state index is -0.614. The van der Waals surface area contributed by atoms with Gasteiger partial charge in [-0.1, -0.05) is 49.7 Å². The summed E-state index contributed by atoms with van der Waals surface area (Å²) in [5.41, 5.74) is 2.72. The lowest BCUT2D eigenvalue weighted by Crippen LogP contribution is -2.40. The minimum absolute atomic E-state index is 0.150. The average molecular weight is 368 g/mol. The van der Waals surface area contributed by atoms with Gasteiger partial charge >= 0.3 is 0 Å². The Morgan fingerprint density at radius 2 is 1.67 bits per heavy atom. The molecule has 2 rings (SSSR count). The van der Waals surface area contributed by atoms with Crippen molar-refractivity contribution in [2.45, 2.75) is 39.7 Å². The smallest absolute Gasteiger partial charge is 0.260 e. The van der Waals surface area contributed by atoms with E-state index in [-0.39, 0.29) is 11.8 Å². The van der Waals surface area contributed by atoms with Crippen molar-refractivity contribution in [3.63, 3.8) is 0 Å². The third kappa shape index (κ3) is 6.13. The Hall–Kier alpha value is -2.82. The van der Waals surface area contributed by atoms with Gasteiger partial charge in [0.25, 0.3) is 11.8 Å². The summed E-state index contributed by atoms with van der Waals surface area (Å²) in [6.07, 6.45) is -0.614. The number of hydrogen-bond acceptors (Lipinski definition) is 3. The lowest BCUT2D eigenvalue weighted by molar-refractivity contribution is -0.127. The number of aryl methyl sites for hydroxylation is 1. The van der Waals surface area contributed by atoms with Crippen LogP contribution in [-0.4, -0.2) is 31.0 Å². The van der Waals surface area contributed by atoms with Crippen LogP contribution in [0.3, 0.4) is 0 Å². The van der Waals surface area contributed by atoms with E-state index in [1.165, 1.54) is 0 Å². The molecule has 0 aliphatic rings. The van der Waals surface area contributed by atoms with Crippen LogP contribution in [-0.2, 0) is 4.79 Å². The maximum absolute atomic E-state index is 12.2. The summed E-state index contributed by atoms with van der Waals surface area (Å²) in [7, 11) is 0. The SMILES string of the molecule is Cc1cccc(C(=O)NCCNC(=O)C(C)Oc2ccccc2C(C)C)c1. The first-order valence-electron chi connectivity index (χ1n) is 9.26. The van der Waals surface area contributed by atoms with Gasteiger partial charge in [-0.05, 0) is 43.5 Å². The molecule has 0 fully saturated rings. The Morgan fingerprint density at radius 1 is 0.963 bits per heavy atom. The monoisotopic (exact) mass is 368 g/mol. The molecule has 0 aromatic heterocycles. The quantitative estimate of drug-likeness (QED) is 0.702. The zero-order valence-electron chi connectivity index (χ0n) is 16.4. The normalized spacial score (nSPS) is 11.7. The van der Waals surface area contributed by atoms with Crippen LogP contribution < -0.4 is 15.4 Å². The van der Waals surface area contributed by atoms with Gasteiger partial charge in [0.15, 0.2) is 6.10 Å². The number of carbonyl (C=O) groups excluding carboxylic acids is 2. The Morgan fingerprint density at radius 3 is 2.37 bits per heavy atom. The van der Waals surface area contributed by atoms with Crippen molar-refractivity contribution in [3.05, 3.63) is 65.2 Å². The van der Waals surface area contributed by atoms with Crippen molar-refractivity contribution in [2.24, 2.45) is 0 Å². The van der Waals surface area contributed by atoms with Gasteiger partial charge in [-0.3, -0.25) is 9.59 Å². The highest BCUT2D eigenvalue weighted by atomic mass is 16.5. The first-order chi connectivity index (χ1) is 12.9. The first-order valence-corrected chi connectivity index (χ1v) is 9.26. The molecule has 0 heterocycles. The number of ether oxygens (including phenoxy) is 1.